The second-order valence-electron chi connectivity index (χ2n) is 6.94. The van der Waals surface area contributed by atoms with E-state index in [-0.39, 0.29) is 6.04 Å². The molecule has 1 aromatic rings. The maximum atomic E-state index is 6.48. The molecule has 1 aromatic heterocycles. The summed E-state index contributed by atoms with van der Waals surface area (Å²) in [7, 11) is 0. The zero-order valence-corrected chi connectivity index (χ0v) is 13.0. The Balaban J connectivity index is 1.96. The third-order valence-electron chi connectivity index (χ3n) is 4.76. The Bertz CT molecular complexity index is 380. The molecular weight excluding hydrogens is 238 g/mol. The van der Waals surface area contributed by atoms with E-state index >= 15 is 0 Å². The molecule has 0 amide bonds. The molecule has 2 rings (SSSR count). The van der Waals surface area contributed by atoms with Gasteiger partial charge in [0, 0.05) is 10.9 Å². The van der Waals surface area contributed by atoms with E-state index in [9.17, 15) is 0 Å². The van der Waals surface area contributed by atoms with Gasteiger partial charge in [-0.3, -0.25) is 0 Å². The summed E-state index contributed by atoms with van der Waals surface area (Å²) in [5, 5.41) is 2.17. The van der Waals surface area contributed by atoms with E-state index in [0.717, 1.165) is 5.92 Å². The summed E-state index contributed by atoms with van der Waals surface area (Å²) in [6, 6.07) is 2.48. The first kappa shape index (κ1) is 14.1. The number of hydrogen-bond acceptors (Lipinski definition) is 2. The Labute approximate surface area is 116 Å². The van der Waals surface area contributed by atoms with Crippen LogP contribution in [0.4, 0.5) is 0 Å². The Hall–Kier alpha value is -0.340. The number of nitrogens with two attached hydrogens (primary N) is 1. The van der Waals surface area contributed by atoms with Gasteiger partial charge in [-0.05, 0) is 66.9 Å². The molecule has 0 aromatic carbocycles. The van der Waals surface area contributed by atoms with Gasteiger partial charge in [0.05, 0.1) is 0 Å². The third-order valence-corrected chi connectivity index (χ3v) is 5.62. The molecule has 0 radical (unpaired) electrons. The fourth-order valence-corrected chi connectivity index (χ4v) is 4.10. The molecule has 1 saturated carbocycles. The summed E-state index contributed by atoms with van der Waals surface area (Å²) >= 11 is 1.82. The van der Waals surface area contributed by atoms with E-state index in [2.05, 4.69) is 39.1 Å². The van der Waals surface area contributed by atoms with E-state index in [0.29, 0.717) is 11.3 Å². The average molecular weight is 265 g/mol. The minimum Gasteiger partial charge on any atom is -0.324 e. The molecule has 1 atom stereocenters. The molecule has 1 aliphatic rings. The monoisotopic (exact) mass is 265 g/mol. The first-order valence-corrected chi connectivity index (χ1v) is 8.07. The first-order chi connectivity index (χ1) is 8.39. The lowest BCUT2D eigenvalue weighted by atomic mass is 9.68. The lowest BCUT2D eigenvalue weighted by Gasteiger charge is -2.38. The summed E-state index contributed by atoms with van der Waals surface area (Å²) in [5.41, 5.74) is 8.33. The summed E-state index contributed by atoms with van der Waals surface area (Å²) in [4.78, 5) is 1.40. The summed E-state index contributed by atoms with van der Waals surface area (Å²) in [5.74, 6) is 1.57. The van der Waals surface area contributed by atoms with Crippen molar-refractivity contribution in [1.82, 2.24) is 0 Å². The van der Waals surface area contributed by atoms with Crippen LogP contribution in [0, 0.1) is 24.2 Å². The zero-order chi connectivity index (χ0) is 13.3. The Morgan fingerprint density at radius 3 is 2.28 bits per heavy atom. The molecule has 1 aliphatic carbocycles. The van der Waals surface area contributed by atoms with Gasteiger partial charge in [0.25, 0.3) is 0 Å². The molecule has 1 fully saturated rings. The lowest BCUT2D eigenvalue weighted by molar-refractivity contribution is 0.139. The molecule has 2 N–H and O–H groups in total. The van der Waals surface area contributed by atoms with Crippen molar-refractivity contribution in [2.75, 3.05) is 0 Å². The highest BCUT2D eigenvalue weighted by molar-refractivity contribution is 7.10. The lowest BCUT2D eigenvalue weighted by Crippen LogP contribution is -2.30. The number of rotatable bonds is 2. The minimum absolute atomic E-state index is 0.261. The second-order valence-corrected chi connectivity index (χ2v) is 8.06. The summed E-state index contributed by atoms with van der Waals surface area (Å²) in [6.45, 7) is 9.32. The third kappa shape index (κ3) is 2.97. The normalized spacial score (nSPS) is 27.2. The first-order valence-electron chi connectivity index (χ1n) is 7.19. The molecule has 1 unspecified atom stereocenters. The van der Waals surface area contributed by atoms with E-state index in [1.54, 1.807) is 0 Å². The molecule has 102 valence electrons. The standard InChI is InChI=1S/C16H27NS/c1-11-14(9-10-18-11)15(17)12-5-7-13(8-6-12)16(2,3)4/h9-10,12-13,15H,5-8,17H2,1-4H3. The SMILES string of the molecule is Cc1sccc1C(N)C1CCC(C(C)(C)C)CC1. The van der Waals surface area contributed by atoms with Gasteiger partial charge in [-0.2, -0.15) is 0 Å². The van der Waals surface area contributed by atoms with Crippen molar-refractivity contribution in [1.29, 1.82) is 0 Å². The fourth-order valence-electron chi connectivity index (χ4n) is 3.34. The van der Waals surface area contributed by atoms with E-state index in [1.807, 2.05) is 11.3 Å². The summed E-state index contributed by atoms with van der Waals surface area (Å²) < 4.78 is 0. The number of thiophene rings is 1. The predicted molar refractivity (Wildman–Crippen MR) is 80.9 cm³/mol. The number of hydrogen-bond donors (Lipinski definition) is 1. The summed E-state index contributed by atoms with van der Waals surface area (Å²) in [6.07, 6.45) is 5.31. The van der Waals surface area contributed by atoms with Crippen molar-refractivity contribution >= 4 is 11.3 Å². The van der Waals surface area contributed by atoms with Gasteiger partial charge in [-0.15, -0.1) is 11.3 Å². The maximum Gasteiger partial charge on any atom is 0.0334 e. The van der Waals surface area contributed by atoms with E-state index in [1.165, 1.54) is 36.1 Å². The number of aryl methyl sites for hydroxylation is 1. The zero-order valence-electron chi connectivity index (χ0n) is 12.2. The predicted octanol–water partition coefficient (Wildman–Crippen LogP) is 4.91. The largest absolute Gasteiger partial charge is 0.324 e. The Morgan fingerprint density at radius 2 is 1.83 bits per heavy atom. The molecule has 0 aliphatic heterocycles. The molecule has 1 nitrogen and oxygen atoms in total. The van der Waals surface area contributed by atoms with Gasteiger partial charge in [0.2, 0.25) is 0 Å². The molecule has 0 bridgehead atoms. The van der Waals surface area contributed by atoms with Gasteiger partial charge < -0.3 is 5.73 Å². The van der Waals surface area contributed by atoms with Gasteiger partial charge in [-0.1, -0.05) is 20.8 Å². The van der Waals surface area contributed by atoms with Crippen LogP contribution in [0.5, 0.6) is 0 Å². The van der Waals surface area contributed by atoms with Crippen molar-refractivity contribution in [3.8, 4) is 0 Å². The van der Waals surface area contributed by atoms with Gasteiger partial charge in [-0.25, -0.2) is 0 Å². The van der Waals surface area contributed by atoms with Crippen LogP contribution >= 0.6 is 11.3 Å². The van der Waals surface area contributed by atoms with Crippen molar-refractivity contribution in [3.05, 3.63) is 21.9 Å². The topological polar surface area (TPSA) is 26.0 Å². The van der Waals surface area contributed by atoms with E-state index < -0.39 is 0 Å². The second kappa shape index (κ2) is 5.34. The van der Waals surface area contributed by atoms with Crippen LogP contribution in [0.25, 0.3) is 0 Å². The molecular formula is C16H27NS. The van der Waals surface area contributed by atoms with Crippen molar-refractivity contribution in [3.63, 3.8) is 0 Å². The quantitative estimate of drug-likeness (QED) is 0.808. The highest BCUT2D eigenvalue weighted by atomic mass is 32.1. The van der Waals surface area contributed by atoms with Gasteiger partial charge in [0.15, 0.2) is 0 Å². The molecule has 0 spiro atoms. The molecule has 2 heteroatoms. The van der Waals surface area contributed by atoms with Crippen molar-refractivity contribution in [2.24, 2.45) is 23.0 Å². The highest BCUT2D eigenvalue weighted by Gasteiger charge is 2.32. The fraction of sp³-hybridized carbons (Fsp3) is 0.750. The van der Waals surface area contributed by atoms with Gasteiger partial charge >= 0.3 is 0 Å². The van der Waals surface area contributed by atoms with E-state index in [4.69, 9.17) is 5.73 Å². The van der Waals surface area contributed by atoms with Crippen LogP contribution in [-0.4, -0.2) is 0 Å². The molecule has 18 heavy (non-hydrogen) atoms. The average Bonchev–Trinajstić information content (AvgIpc) is 2.73. The Kier molecular flexibility index (Phi) is 4.18. The molecule has 0 saturated heterocycles. The van der Waals surface area contributed by atoms with Crippen LogP contribution < -0.4 is 5.73 Å². The van der Waals surface area contributed by atoms with Gasteiger partial charge in [0.1, 0.15) is 0 Å². The maximum absolute atomic E-state index is 6.48. The van der Waals surface area contributed by atoms with Crippen LogP contribution in [0.15, 0.2) is 11.4 Å². The van der Waals surface area contributed by atoms with Crippen molar-refractivity contribution < 1.29 is 0 Å². The van der Waals surface area contributed by atoms with Crippen LogP contribution in [0.1, 0.15) is 62.9 Å². The highest BCUT2D eigenvalue weighted by Crippen LogP contribution is 2.43. The minimum atomic E-state index is 0.261. The van der Waals surface area contributed by atoms with Crippen LogP contribution in [-0.2, 0) is 0 Å². The van der Waals surface area contributed by atoms with Crippen molar-refractivity contribution in [2.45, 2.75) is 59.4 Å². The molecule has 1 heterocycles. The van der Waals surface area contributed by atoms with Crippen LogP contribution in [0.3, 0.4) is 0 Å². The Morgan fingerprint density at radius 1 is 1.22 bits per heavy atom. The smallest absolute Gasteiger partial charge is 0.0334 e. The van der Waals surface area contributed by atoms with Crippen LogP contribution in [0.2, 0.25) is 0 Å².